The summed E-state index contributed by atoms with van der Waals surface area (Å²) in [7, 11) is 0. The molecule has 0 aliphatic rings. The van der Waals surface area contributed by atoms with E-state index in [2.05, 4.69) is 13.8 Å². The molecule has 0 fully saturated rings. The van der Waals surface area contributed by atoms with Crippen LogP contribution in [0.4, 0.5) is 0 Å². The summed E-state index contributed by atoms with van der Waals surface area (Å²) in [5.74, 6) is 0. The van der Waals surface area contributed by atoms with Crippen molar-refractivity contribution in [1.82, 2.24) is 0 Å². The van der Waals surface area contributed by atoms with Gasteiger partial charge in [0.15, 0.2) is 0 Å². The Morgan fingerprint density at radius 3 is 1.60 bits per heavy atom. The van der Waals surface area contributed by atoms with Gasteiger partial charge in [-0.15, -0.1) is 0 Å². The second kappa shape index (κ2) is 5.38. The van der Waals surface area contributed by atoms with Gasteiger partial charge in [0.25, 0.3) is 0 Å². The zero-order valence-corrected chi connectivity index (χ0v) is 7.05. The Bertz CT molecular complexity index is 11.1. The Kier molecular flexibility index (Phi) is 6.86. The molecule has 0 aromatic carbocycles. The molecule has 0 aliphatic heterocycles. The van der Waals surface area contributed by atoms with Gasteiger partial charge in [0.05, 0.1) is 0 Å². The van der Waals surface area contributed by atoms with E-state index in [0.29, 0.717) is 0 Å². The van der Waals surface area contributed by atoms with E-state index in [1.54, 1.807) is 0 Å². The Morgan fingerprint density at radius 1 is 1.20 bits per heavy atom. The molecule has 0 saturated heterocycles. The minimum atomic E-state index is 0.0494. The molecule has 0 spiro atoms. The van der Waals surface area contributed by atoms with Crippen molar-refractivity contribution in [3.8, 4) is 0 Å². The van der Waals surface area contributed by atoms with Crippen molar-refractivity contribution in [2.24, 2.45) is 0 Å². The maximum atomic E-state index is 2.30. The molecule has 30 valence electrons. The van der Waals surface area contributed by atoms with E-state index in [-0.39, 0.29) is 37.6 Å². The molecule has 0 nitrogen and oxygen atoms in total. The zero-order valence-electron chi connectivity index (χ0n) is 3.91. The first-order valence-electron chi connectivity index (χ1n) is 2.12. The molecule has 0 N–H and O–H groups in total. The van der Waals surface area contributed by atoms with Crippen LogP contribution in [0.25, 0.3) is 0 Å². The van der Waals surface area contributed by atoms with Crippen molar-refractivity contribution in [2.45, 2.75) is 17.7 Å². The standard InChI is InChI=1S/2C2H5.Ce/c2*1-2;/h2*1H2,2H3;. The average Bonchev–Trinajstić information content (AvgIpc) is 1.41. The summed E-state index contributed by atoms with van der Waals surface area (Å²) in [6, 6.07) is 0. The molecule has 0 aliphatic carbocycles. The van der Waals surface area contributed by atoms with Crippen LogP contribution in [0.3, 0.4) is 0 Å². The minimum absolute atomic E-state index is 0.0494. The van der Waals surface area contributed by atoms with Gasteiger partial charge in [-0.05, 0) is 0 Å². The van der Waals surface area contributed by atoms with Gasteiger partial charge in [-0.25, -0.2) is 0 Å². The monoisotopic (exact) mass is 198 g/mol. The van der Waals surface area contributed by atoms with E-state index in [1.165, 1.54) is 3.88 Å². The van der Waals surface area contributed by atoms with E-state index in [4.69, 9.17) is 0 Å². The molecular weight excluding hydrogens is 188 g/mol. The fourth-order valence-corrected chi connectivity index (χ4v) is 1.82. The summed E-state index contributed by atoms with van der Waals surface area (Å²) in [5, 5.41) is 0. The van der Waals surface area contributed by atoms with E-state index in [9.17, 15) is 0 Å². The molecule has 0 heterocycles. The first kappa shape index (κ1) is 6.38. The van der Waals surface area contributed by atoms with Crippen LogP contribution in [0.5, 0.6) is 0 Å². The number of hydrogen-bond acceptors (Lipinski definition) is 0. The van der Waals surface area contributed by atoms with Crippen molar-refractivity contribution < 1.29 is 37.6 Å². The first-order valence-corrected chi connectivity index (χ1v) is 6.56. The Hall–Kier alpha value is 1.38. The van der Waals surface area contributed by atoms with Crippen LogP contribution in [0.15, 0.2) is 0 Å². The molecule has 1 heteroatoms. The fourth-order valence-electron chi connectivity index (χ4n) is 0.250. The summed E-state index contributed by atoms with van der Waals surface area (Å²) >= 11 is 0.0494. The third kappa shape index (κ3) is 5.38. The molecule has 0 bridgehead atoms. The Balaban J connectivity index is 2.19. The van der Waals surface area contributed by atoms with Gasteiger partial charge in [-0.1, -0.05) is 0 Å². The maximum absolute atomic E-state index is 2.30. The quantitative estimate of drug-likeness (QED) is 0.636. The SMILES string of the molecule is C[CH2][Ce][CH2]C. The molecule has 0 rings (SSSR count). The molecule has 0 amide bonds. The van der Waals surface area contributed by atoms with Gasteiger partial charge in [-0.3, -0.25) is 0 Å². The van der Waals surface area contributed by atoms with Gasteiger partial charge < -0.3 is 0 Å². The summed E-state index contributed by atoms with van der Waals surface area (Å²) < 4.78 is 3.08. The molecule has 0 aromatic rings. The van der Waals surface area contributed by atoms with Crippen molar-refractivity contribution in [3.05, 3.63) is 0 Å². The van der Waals surface area contributed by atoms with Crippen molar-refractivity contribution in [1.29, 1.82) is 0 Å². The summed E-state index contributed by atoms with van der Waals surface area (Å²) in [5.41, 5.74) is 0. The van der Waals surface area contributed by atoms with Crippen LogP contribution in [0.2, 0.25) is 3.88 Å². The van der Waals surface area contributed by atoms with Crippen LogP contribution >= 0.6 is 0 Å². The predicted molar refractivity (Wildman–Crippen MR) is 21.0 cm³/mol. The summed E-state index contributed by atoms with van der Waals surface area (Å²) in [4.78, 5) is 0. The zero-order chi connectivity index (χ0) is 4.12. The molecule has 0 unspecified atom stereocenters. The third-order valence-corrected chi connectivity index (χ3v) is 3.64. The predicted octanol–water partition coefficient (Wildman–Crippen LogP) is 1.95. The Labute approximate surface area is 54.6 Å². The topological polar surface area (TPSA) is 0 Å². The Morgan fingerprint density at radius 2 is 1.60 bits per heavy atom. The number of hydrogen-bond donors (Lipinski definition) is 0. The summed E-state index contributed by atoms with van der Waals surface area (Å²) in [6.45, 7) is 4.60. The molecule has 0 saturated carbocycles. The molecular formula is C4H10Ce. The second-order valence-electron chi connectivity index (χ2n) is 0.957. The van der Waals surface area contributed by atoms with Gasteiger partial charge in [0.1, 0.15) is 0 Å². The van der Waals surface area contributed by atoms with Crippen molar-refractivity contribution in [2.75, 3.05) is 0 Å². The second-order valence-corrected chi connectivity index (χ2v) is 6.97. The fraction of sp³-hybridized carbons (Fsp3) is 1.00. The van der Waals surface area contributed by atoms with E-state index >= 15 is 0 Å². The average molecular weight is 198 g/mol. The third-order valence-electron chi connectivity index (χ3n) is 0.500. The number of rotatable bonds is 2. The van der Waals surface area contributed by atoms with Crippen molar-refractivity contribution >= 4 is 0 Å². The van der Waals surface area contributed by atoms with Gasteiger partial charge in [0, 0.05) is 0 Å². The molecule has 0 atom stereocenters. The molecule has 5 heavy (non-hydrogen) atoms. The normalized spacial score (nSPS) is 7.60. The van der Waals surface area contributed by atoms with Gasteiger partial charge >= 0.3 is 55.3 Å². The molecule has 0 aromatic heterocycles. The van der Waals surface area contributed by atoms with Crippen molar-refractivity contribution in [3.63, 3.8) is 0 Å². The van der Waals surface area contributed by atoms with Crippen LogP contribution < -0.4 is 0 Å². The van der Waals surface area contributed by atoms with E-state index < -0.39 is 0 Å². The van der Waals surface area contributed by atoms with Crippen LogP contribution in [-0.2, 0) is 0 Å². The van der Waals surface area contributed by atoms with E-state index in [0.717, 1.165) is 0 Å². The van der Waals surface area contributed by atoms with Crippen LogP contribution in [-0.4, -0.2) is 0 Å². The molecule has 0 radical (unpaired) electrons. The van der Waals surface area contributed by atoms with Gasteiger partial charge in [0.2, 0.25) is 0 Å². The van der Waals surface area contributed by atoms with Crippen LogP contribution in [0, 0.1) is 37.6 Å². The van der Waals surface area contributed by atoms with E-state index in [1.807, 2.05) is 0 Å². The first-order chi connectivity index (χ1) is 2.41. The summed E-state index contributed by atoms with van der Waals surface area (Å²) in [6.07, 6.45) is 0. The van der Waals surface area contributed by atoms with Gasteiger partial charge in [-0.2, -0.15) is 0 Å². The van der Waals surface area contributed by atoms with Crippen LogP contribution in [0.1, 0.15) is 13.8 Å².